The second-order valence-corrected chi connectivity index (χ2v) is 6.50. The zero-order chi connectivity index (χ0) is 18.5. The lowest BCUT2D eigenvalue weighted by Gasteiger charge is -2.24. The first kappa shape index (κ1) is 18.0. The highest BCUT2D eigenvalue weighted by molar-refractivity contribution is 5.34. The summed E-state index contributed by atoms with van der Waals surface area (Å²) in [7, 11) is 1.90. The van der Waals surface area contributed by atoms with Crippen LogP contribution in [-0.4, -0.2) is 21.1 Å². The predicted molar refractivity (Wildman–Crippen MR) is 99.1 cm³/mol. The van der Waals surface area contributed by atoms with E-state index in [0.717, 1.165) is 11.3 Å². The molecule has 0 aliphatic rings. The highest BCUT2D eigenvalue weighted by Crippen LogP contribution is 2.21. The summed E-state index contributed by atoms with van der Waals surface area (Å²) in [6, 6.07) is 17.9. The van der Waals surface area contributed by atoms with E-state index in [-0.39, 0.29) is 0 Å². The van der Waals surface area contributed by atoms with Crippen LogP contribution in [0, 0.1) is 18.3 Å². The van der Waals surface area contributed by atoms with Crippen molar-refractivity contribution in [3.05, 3.63) is 83.1 Å². The number of aliphatic hydroxyl groups excluding tert-OH is 1. The number of hydrogen-bond donors (Lipinski definition) is 1. The average molecular weight is 349 g/mol. The van der Waals surface area contributed by atoms with E-state index in [1.165, 1.54) is 5.56 Å². The van der Waals surface area contributed by atoms with E-state index in [0.29, 0.717) is 31.1 Å². The number of nitriles is 1. The monoisotopic (exact) mass is 349 g/mol. The SMILES string of the molecule is Cc1c(CN(Cc2ccccc2)CC(O)c2ccco2)cc(C#N)n1C. The average Bonchev–Trinajstić information content (AvgIpc) is 3.27. The summed E-state index contributed by atoms with van der Waals surface area (Å²) in [5.74, 6) is 0.561. The Labute approximate surface area is 153 Å². The molecule has 0 saturated carbocycles. The summed E-state index contributed by atoms with van der Waals surface area (Å²) in [6.07, 6.45) is 0.869. The van der Waals surface area contributed by atoms with Crippen LogP contribution in [-0.2, 0) is 20.1 Å². The van der Waals surface area contributed by atoms with Crippen molar-refractivity contribution in [2.24, 2.45) is 7.05 Å². The van der Waals surface area contributed by atoms with E-state index in [9.17, 15) is 10.4 Å². The van der Waals surface area contributed by atoms with Crippen molar-refractivity contribution in [3.8, 4) is 6.07 Å². The molecule has 26 heavy (non-hydrogen) atoms. The molecule has 5 heteroatoms. The Morgan fingerprint density at radius 2 is 1.96 bits per heavy atom. The lowest BCUT2D eigenvalue weighted by atomic mass is 10.1. The van der Waals surface area contributed by atoms with Gasteiger partial charge in [-0.15, -0.1) is 0 Å². The molecule has 3 rings (SSSR count). The Morgan fingerprint density at radius 1 is 1.19 bits per heavy atom. The van der Waals surface area contributed by atoms with Gasteiger partial charge in [-0.1, -0.05) is 30.3 Å². The smallest absolute Gasteiger partial charge is 0.133 e. The fourth-order valence-corrected chi connectivity index (χ4v) is 3.11. The molecule has 0 bridgehead atoms. The van der Waals surface area contributed by atoms with Crippen molar-refractivity contribution in [3.63, 3.8) is 0 Å². The van der Waals surface area contributed by atoms with Crippen LogP contribution in [0.1, 0.15) is 34.4 Å². The third kappa shape index (κ3) is 4.05. The van der Waals surface area contributed by atoms with Gasteiger partial charge in [0, 0.05) is 32.4 Å². The van der Waals surface area contributed by atoms with Crippen molar-refractivity contribution < 1.29 is 9.52 Å². The van der Waals surface area contributed by atoms with Crippen LogP contribution in [0.2, 0.25) is 0 Å². The lowest BCUT2D eigenvalue weighted by Crippen LogP contribution is -2.28. The predicted octanol–water partition coefficient (Wildman–Crippen LogP) is 3.53. The van der Waals surface area contributed by atoms with Gasteiger partial charge in [0.1, 0.15) is 23.6 Å². The molecule has 2 aromatic heterocycles. The van der Waals surface area contributed by atoms with E-state index in [4.69, 9.17) is 4.42 Å². The lowest BCUT2D eigenvalue weighted by molar-refractivity contribution is 0.0872. The zero-order valence-electron chi connectivity index (χ0n) is 15.1. The molecule has 0 amide bonds. The van der Waals surface area contributed by atoms with Gasteiger partial charge in [-0.3, -0.25) is 4.90 Å². The summed E-state index contributed by atoms with van der Waals surface area (Å²) in [5, 5.41) is 19.8. The van der Waals surface area contributed by atoms with E-state index in [2.05, 4.69) is 23.1 Å². The Kier molecular flexibility index (Phi) is 5.57. The van der Waals surface area contributed by atoms with Gasteiger partial charge in [0.2, 0.25) is 0 Å². The van der Waals surface area contributed by atoms with Crippen LogP contribution in [0.4, 0.5) is 0 Å². The van der Waals surface area contributed by atoms with Gasteiger partial charge in [-0.05, 0) is 36.2 Å². The number of rotatable bonds is 7. The molecule has 134 valence electrons. The molecular weight excluding hydrogens is 326 g/mol. The second kappa shape index (κ2) is 8.05. The summed E-state index contributed by atoms with van der Waals surface area (Å²) in [6.45, 7) is 3.81. The van der Waals surface area contributed by atoms with Gasteiger partial charge < -0.3 is 14.1 Å². The maximum absolute atomic E-state index is 10.5. The van der Waals surface area contributed by atoms with Gasteiger partial charge in [-0.25, -0.2) is 0 Å². The molecule has 1 atom stereocenters. The topological polar surface area (TPSA) is 65.3 Å². The van der Waals surface area contributed by atoms with Crippen molar-refractivity contribution in [1.82, 2.24) is 9.47 Å². The van der Waals surface area contributed by atoms with Gasteiger partial charge in [0.25, 0.3) is 0 Å². The van der Waals surface area contributed by atoms with Crippen LogP contribution in [0.5, 0.6) is 0 Å². The Balaban J connectivity index is 1.81. The van der Waals surface area contributed by atoms with Crippen LogP contribution >= 0.6 is 0 Å². The second-order valence-electron chi connectivity index (χ2n) is 6.50. The molecule has 0 spiro atoms. The van der Waals surface area contributed by atoms with Crippen molar-refractivity contribution in [1.29, 1.82) is 5.26 Å². The normalized spacial score (nSPS) is 12.3. The third-order valence-electron chi connectivity index (χ3n) is 4.70. The van der Waals surface area contributed by atoms with E-state index < -0.39 is 6.10 Å². The summed E-state index contributed by atoms with van der Waals surface area (Å²) >= 11 is 0. The molecule has 2 heterocycles. The maximum atomic E-state index is 10.5. The molecule has 0 aliphatic carbocycles. The third-order valence-corrected chi connectivity index (χ3v) is 4.70. The van der Waals surface area contributed by atoms with Crippen LogP contribution in [0.25, 0.3) is 0 Å². The van der Waals surface area contributed by atoms with E-state index >= 15 is 0 Å². The Morgan fingerprint density at radius 3 is 2.58 bits per heavy atom. The molecular formula is C21H23N3O2. The molecule has 0 aliphatic heterocycles. The van der Waals surface area contributed by atoms with Crippen molar-refractivity contribution in [2.45, 2.75) is 26.1 Å². The van der Waals surface area contributed by atoms with Crippen LogP contribution in [0.3, 0.4) is 0 Å². The summed E-state index contributed by atoms with van der Waals surface area (Å²) < 4.78 is 7.24. The Hall–Kier alpha value is -2.81. The fraction of sp³-hybridized carbons (Fsp3) is 0.286. The summed E-state index contributed by atoms with van der Waals surface area (Å²) in [5.41, 5.74) is 3.97. The number of benzene rings is 1. The van der Waals surface area contributed by atoms with E-state index in [1.807, 2.05) is 42.8 Å². The van der Waals surface area contributed by atoms with Crippen molar-refractivity contribution in [2.75, 3.05) is 6.54 Å². The van der Waals surface area contributed by atoms with Gasteiger partial charge in [0.05, 0.1) is 6.26 Å². The number of nitrogens with zero attached hydrogens (tertiary/aromatic N) is 3. The fourth-order valence-electron chi connectivity index (χ4n) is 3.11. The molecule has 3 aromatic rings. The minimum absolute atomic E-state index is 0.443. The number of hydrogen-bond acceptors (Lipinski definition) is 4. The first-order valence-corrected chi connectivity index (χ1v) is 8.61. The van der Waals surface area contributed by atoms with Crippen LogP contribution < -0.4 is 0 Å². The number of furan rings is 1. The highest BCUT2D eigenvalue weighted by Gasteiger charge is 2.19. The summed E-state index contributed by atoms with van der Waals surface area (Å²) in [4.78, 5) is 2.17. The maximum Gasteiger partial charge on any atom is 0.133 e. The van der Waals surface area contributed by atoms with Gasteiger partial charge in [0.15, 0.2) is 0 Å². The molecule has 5 nitrogen and oxygen atoms in total. The Bertz CT molecular complexity index is 876. The number of aliphatic hydroxyl groups is 1. The molecule has 0 saturated heterocycles. The molecule has 0 fully saturated rings. The molecule has 1 aromatic carbocycles. The first-order valence-electron chi connectivity index (χ1n) is 8.61. The standard InChI is InChI=1S/C21H23N3O2/c1-16-18(11-19(12-22)23(16)2)14-24(13-17-7-4-3-5-8-17)15-20(25)21-9-6-10-26-21/h3-11,20,25H,13-15H2,1-2H3. The van der Waals surface area contributed by atoms with Gasteiger partial charge in [-0.2, -0.15) is 5.26 Å². The quantitative estimate of drug-likeness (QED) is 0.709. The largest absolute Gasteiger partial charge is 0.467 e. The molecule has 1 N–H and O–H groups in total. The van der Waals surface area contributed by atoms with E-state index in [1.54, 1.807) is 18.4 Å². The molecule has 0 radical (unpaired) electrons. The molecule has 1 unspecified atom stereocenters. The number of aromatic nitrogens is 1. The highest BCUT2D eigenvalue weighted by atomic mass is 16.4. The van der Waals surface area contributed by atoms with Crippen LogP contribution in [0.15, 0.2) is 59.2 Å². The zero-order valence-corrected chi connectivity index (χ0v) is 15.1. The first-order chi connectivity index (χ1) is 12.6. The van der Waals surface area contributed by atoms with Gasteiger partial charge >= 0.3 is 0 Å². The minimum Gasteiger partial charge on any atom is -0.467 e. The minimum atomic E-state index is -0.701. The van der Waals surface area contributed by atoms with Crippen molar-refractivity contribution >= 4 is 0 Å².